The van der Waals surface area contributed by atoms with E-state index in [1.165, 1.54) is 35.2 Å². The predicted molar refractivity (Wildman–Crippen MR) is 76.4 cm³/mol. The monoisotopic (exact) mass is 334 g/mol. The zero-order valence-corrected chi connectivity index (χ0v) is 11.7. The van der Waals surface area contributed by atoms with Crippen LogP contribution in [0.1, 0.15) is 41.4 Å². The highest BCUT2D eigenvalue weighted by Crippen LogP contribution is 2.31. The molecule has 0 unspecified atom stereocenters. The number of hydrogen-bond donors (Lipinski definition) is 6. The lowest BCUT2D eigenvalue weighted by Gasteiger charge is -2.16. The fourth-order valence-corrected chi connectivity index (χ4v) is 2.45. The smallest absolute Gasteiger partial charge is 0.337 e. The van der Waals surface area contributed by atoms with Gasteiger partial charge in [-0.25, -0.2) is 20.5 Å². The van der Waals surface area contributed by atoms with Crippen LogP contribution in [0.25, 0.3) is 10.8 Å². The Morgan fingerprint density at radius 2 is 1.08 bits per heavy atom. The summed E-state index contributed by atoms with van der Waals surface area (Å²) in [7, 11) is 0. The highest BCUT2D eigenvalue weighted by Gasteiger charge is 2.33. The molecule has 2 amide bonds. The minimum Gasteiger partial charge on any atom is -0.478 e. The van der Waals surface area contributed by atoms with Crippen molar-refractivity contribution in [3.8, 4) is 0 Å². The summed E-state index contributed by atoms with van der Waals surface area (Å²) in [6.45, 7) is 0. The molecule has 0 bridgehead atoms. The van der Waals surface area contributed by atoms with E-state index in [9.17, 15) is 29.4 Å². The maximum atomic E-state index is 12.0. The Balaban J connectivity index is 3.20. The zero-order chi connectivity index (χ0) is 18.0. The first-order valence-electron chi connectivity index (χ1n) is 6.29. The zero-order valence-electron chi connectivity index (χ0n) is 11.7. The molecular weight excluding hydrogens is 324 g/mol. The Kier molecular flexibility index (Phi) is 4.44. The Bertz CT molecular complexity index is 890. The summed E-state index contributed by atoms with van der Waals surface area (Å²) < 4.78 is 0. The first kappa shape index (κ1) is 16.9. The van der Waals surface area contributed by atoms with Gasteiger partial charge in [0.2, 0.25) is 0 Å². The third-order valence-electron chi connectivity index (χ3n) is 3.30. The molecule has 0 atom stereocenters. The second kappa shape index (κ2) is 6.32. The SMILES string of the molecule is O=C(O)c1c(C(=O)NO)c(C(=O)NO)c2ccccc2c1C(=O)O. The van der Waals surface area contributed by atoms with Gasteiger partial charge in [0.1, 0.15) is 0 Å². The van der Waals surface area contributed by atoms with E-state index in [-0.39, 0.29) is 10.8 Å². The van der Waals surface area contributed by atoms with Gasteiger partial charge in [0.25, 0.3) is 11.8 Å². The summed E-state index contributed by atoms with van der Waals surface area (Å²) >= 11 is 0. The lowest BCUT2D eigenvalue weighted by Crippen LogP contribution is -2.30. The number of nitrogens with one attached hydrogen (secondary N) is 2. The summed E-state index contributed by atoms with van der Waals surface area (Å²) in [5.41, 5.74) is -0.779. The first-order valence-corrected chi connectivity index (χ1v) is 6.29. The van der Waals surface area contributed by atoms with Crippen molar-refractivity contribution in [2.24, 2.45) is 0 Å². The summed E-state index contributed by atoms with van der Waals surface area (Å²) in [5.74, 6) is -6.11. The Labute approximate surface area is 132 Å². The Hall–Kier alpha value is -3.50. The first-order chi connectivity index (χ1) is 11.3. The number of hydrogen-bond acceptors (Lipinski definition) is 6. The number of aromatic carboxylic acids is 2. The van der Waals surface area contributed by atoms with Crippen LogP contribution in [0.2, 0.25) is 0 Å². The molecule has 0 aromatic heterocycles. The second-order valence-electron chi connectivity index (χ2n) is 4.54. The molecule has 0 aliphatic heterocycles. The third kappa shape index (κ3) is 2.51. The lowest BCUT2D eigenvalue weighted by molar-refractivity contribution is 0.0632. The van der Waals surface area contributed by atoms with Crippen LogP contribution >= 0.6 is 0 Å². The molecule has 2 rings (SSSR count). The van der Waals surface area contributed by atoms with Crippen LogP contribution in [0.4, 0.5) is 0 Å². The molecule has 0 heterocycles. The standard InChI is InChI=1S/C14H10N2O8/c17-11(15-23)7-5-3-1-2-4-6(5)8(13(19)20)10(14(21)22)9(7)12(18)16-24/h1-4,23-24H,(H,15,17)(H,16,18)(H,19,20)(H,21,22). The number of fused-ring (bicyclic) bond motifs is 1. The van der Waals surface area contributed by atoms with Crippen molar-refractivity contribution in [3.63, 3.8) is 0 Å². The number of carbonyl (C=O) groups excluding carboxylic acids is 2. The molecule has 0 spiro atoms. The second-order valence-corrected chi connectivity index (χ2v) is 4.54. The van der Waals surface area contributed by atoms with E-state index in [1.807, 2.05) is 0 Å². The van der Waals surface area contributed by atoms with Crippen molar-refractivity contribution in [1.29, 1.82) is 0 Å². The van der Waals surface area contributed by atoms with Crippen LogP contribution in [0.15, 0.2) is 24.3 Å². The van der Waals surface area contributed by atoms with Crippen LogP contribution in [0.3, 0.4) is 0 Å². The summed E-state index contributed by atoms with van der Waals surface area (Å²) in [5, 5.41) is 36.2. The molecule has 2 aromatic rings. The fourth-order valence-electron chi connectivity index (χ4n) is 2.45. The largest absolute Gasteiger partial charge is 0.478 e. The van der Waals surface area contributed by atoms with Gasteiger partial charge < -0.3 is 10.2 Å². The molecular formula is C14H10N2O8. The molecule has 0 aliphatic carbocycles. The average Bonchev–Trinajstić information content (AvgIpc) is 2.57. The fraction of sp³-hybridized carbons (Fsp3) is 0. The number of amides is 2. The number of rotatable bonds is 4. The van der Waals surface area contributed by atoms with Gasteiger partial charge >= 0.3 is 11.9 Å². The topological polar surface area (TPSA) is 173 Å². The number of hydroxylamine groups is 2. The van der Waals surface area contributed by atoms with E-state index in [2.05, 4.69) is 0 Å². The minimum absolute atomic E-state index is 0.0925. The molecule has 124 valence electrons. The van der Waals surface area contributed by atoms with Gasteiger partial charge in [-0.2, -0.15) is 0 Å². The summed E-state index contributed by atoms with van der Waals surface area (Å²) in [4.78, 5) is 47.0. The maximum Gasteiger partial charge on any atom is 0.337 e. The van der Waals surface area contributed by atoms with Crippen LogP contribution in [0.5, 0.6) is 0 Å². The van der Waals surface area contributed by atoms with Gasteiger partial charge in [0.15, 0.2) is 0 Å². The van der Waals surface area contributed by atoms with Crippen molar-refractivity contribution in [1.82, 2.24) is 11.0 Å². The van der Waals surface area contributed by atoms with Crippen LogP contribution < -0.4 is 11.0 Å². The molecule has 0 saturated carbocycles. The molecule has 2 aromatic carbocycles. The van der Waals surface area contributed by atoms with Crippen LogP contribution in [-0.4, -0.2) is 44.4 Å². The molecule has 24 heavy (non-hydrogen) atoms. The van der Waals surface area contributed by atoms with E-state index >= 15 is 0 Å². The van der Waals surface area contributed by atoms with Crippen molar-refractivity contribution >= 4 is 34.5 Å². The number of benzene rings is 2. The van der Waals surface area contributed by atoms with Crippen molar-refractivity contribution in [2.75, 3.05) is 0 Å². The van der Waals surface area contributed by atoms with Crippen molar-refractivity contribution in [3.05, 3.63) is 46.5 Å². The average molecular weight is 334 g/mol. The van der Waals surface area contributed by atoms with Gasteiger partial charge in [-0.05, 0) is 10.8 Å². The van der Waals surface area contributed by atoms with E-state index in [0.717, 1.165) is 0 Å². The van der Waals surface area contributed by atoms with Crippen molar-refractivity contribution in [2.45, 2.75) is 0 Å². The Morgan fingerprint density at radius 3 is 1.50 bits per heavy atom. The number of carboxylic acids is 2. The molecule has 0 radical (unpaired) electrons. The molecule has 10 heteroatoms. The van der Waals surface area contributed by atoms with Crippen LogP contribution in [0, 0.1) is 0 Å². The minimum atomic E-state index is -1.80. The highest BCUT2D eigenvalue weighted by atomic mass is 16.5. The van der Waals surface area contributed by atoms with Gasteiger partial charge in [-0.15, -0.1) is 0 Å². The van der Waals surface area contributed by atoms with Gasteiger partial charge in [-0.1, -0.05) is 24.3 Å². The molecule has 10 nitrogen and oxygen atoms in total. The predicted octanol–water partition coefficient (Wildman–Crippen LogP) is 0.474. The maximum absolute atomic E-state index is 12.0. The molecule has 0 saturated heterocycles. The molecule has 6 N–H and O–H groups in total. The summed E-state index contributed by atoms with van der Waals surface area (Å²) in [6, 6.07) is 5.35. The third-order valence-corrected chi connectivity index (χ3v) is 3.30. The summed E-state index contributed by atoms with van der Waals surface area (Å²) in [6.07, 6.45) is 0. The number of carbonyl (C=O) groups is 4. The quantitative estimate of drug-likeness (QED) is 0.346. The molecule has 0 fully saturated rings. The van der Waals surface area contributed by atoms with Gasteiger partial charge in [-0.3, -0.25) is 20.0 Å². The highest BCUT2D eigenvalue weighted by molar-refractivity contribution is 6.24. The van der Waals surface area contributed by atoms with E-state index < -0.39 is 46.0 Å². The van der Waals surface area contributed by atoms with Crippen LogP contribution in [-0.2, 0) is 0 Å². The van der Waals surface area contributed by atoms with Gasteiger partial charge in [0, 0.05) is 0 Å². The van der Waals surface area contributed by atoms with E-state index in [1.54, 1.807) is 0 Å². The van der Waals surface area contributed by atoms with Gasteiger partial charge in [0.05, 0.1) is 22.3 Å². The van der Waals surface area contributed by atoms with E-state index in [0.29, 0.717) is 0 Å². The van der Waals surface area contributed by atoms with E-state index in [4.69, 9.17) is 10.4 Å². The molecule has 0 aliphatic rings. The normalized spacial score (nSPS) is 10.2. The van der Waals surface area contributed by atoms with Crippen molar-refractivity contribution < 1.29 is 39.8 Å². The Morgan fingerprint density at radius 1 is 0.667 bits per heavy atom. The number of carboxylic acid groups (broad SMARTS) is 2. The lowest BCUT2D eigenvalue weighted by atomic mass is 9.88.